The Kier molecular flexibility index (Phi) is 8.55. The van der Waals surface area contributed by atoms with E-state index in [4.69, 9.17) is 4.74 Å². The summed E-state index contributed by atoms with van der Waals surface area (Å²) in [5.41, 5.74) is 7.34. The largest absolute Gasteiger partial charge is 0.484 e. The molecule has 0 saturated carbocycles. The summed E-state index contributed by atoms with van der Waals surface area (Å²) in [6, 6.07) is 5.76. The number of benzene rings is 1. The predicted molar refractivity (Wildman–Crippen MR) is 100 cm³/mol. The number of aryl methyl sites for hydroxylation is 2. The van der Waals surface area contributed by atoms with Gasteiger partial charge in [-0.3, -0.25) is 4.79 Å². The molecular weight excluding hydrogens is 300 g/mol. The van der Waals surface area contributed by atoms with Crippen LogP contribution in [0.25, 0.3) is 0 Å². The van der Waals surface area contributed by atoms with Gasteiger partial charge in [-0.15, -0.1) is 0 Å². The van der Waals surface area contributed by atoms with Crippen molar-refractivity contribution in [1.82, 2.24) is 5.43 Å². The Morgan fingerprint density at radius 2 is 1.96 bits per heavy atom. The van der Waals surface area contributed by atoms with Crippen molar-refractivity contribution < 1.29 is 9.53 Å². The maximum Gasteiger partial charge on any atom is 0.277 e. The number of allylic oxidation sites excluding steroid dienone is 4. The lowest BCUT2D eigenvalue weighted by Crippen LogP contribution is -2.24. The second-order valence-electron chi connectivity index (χ2n) is 6.18. The summed E-state index contributed by atoms with van der Waals surface area (Å²) in [5.74, 6) is 0.410. The molecule has 1 aromatic carbocycles. The van der Waals surface area contributed by atoms with Gasteiger partial charge in [-0.05, 0) is 76.8 Å². The van der Waals surface area contributed by atoms with E-state index in [-0.39, 0.29) is 12.5 Å². The first-order valence-corrected chi connectivity index (χ1v) is 8.19. The number of nitrogens with zero attached hydrogens (tertiary/aromatic N) is 1. The van der Waals surface area contributed by atoms with E-state index >= 15 is 0 Å². The van der Waals surface area contributed by atoms with Gasteiger partial charge in [0.2, 0.25) is 0 Å². The summed E-state index contributed by atoms with van der Waals surface area (Å²) in [4.78, 5) is 11.7. The molecule has 130 valence electrons. The average Bonchev–Trinajstić information content (AvgIpc) is 2.52. The first kappa shape index (κ1) is 19.7. The molecular formula is C20H28N2O2. The molecule has 4 nitrogen and oxygen atoms in total. The van der Waals surface area contributed by atoms with Crippen molar-refractivity contribution in [1.29, 1.82) is 0 Å². The number of hydrazone groups is 1. The van der Waals surface area contributed by atoms with Crippen molar-refractivity contribution in [2.45, 2.75) is 47.5 Å². The standard InChI is InChI=1S/C20H28N2O2/c1-15(2)7-6-8-16(3)11-12-21-22-20(23)14-24-19-10-9-17(4)18(5)13-19/h7,9-13H,6,8,14H2,1-5H3,(H,22,23). The van der Waals surface area contributed by atoms with Gasteiger partial charge in [0.25, 0.3) is 5.91 Å². The highest BCUT2D eigenvalue weighted by atomic mass is 16.5. The SMILES string of the molecule is CC(C)=CCCC(C)=CC=NNC(=O)COc1ccc(C)c(C)c1. The topological polar surface area (TPSA) is 50.7 Å². The zero-order valence-electron chi connectivity index (χ0n) is 15.3. The van der Waals surface area contributed by atoms with Gasteiger partial charge in [-0.1, -0.05) is 23.3 Å². The fraction of sp³-hybridized carbons (Fsp3) is 0.400. The van der Waals surface area contributed by atoms with Gasteiger partial charge in [0.15, 0.2) is 6.61 Å². The van der Waals surface area contributed by atoms with Crippen molar-refractivity contribution in [3.8, 4) is 5.75 Å². The monoisotopic (exact) mass is 328 g/mol. The van der Waals surface area contributed by atoms with Crippen LogP contribution in [0.2, 0.25) is 0 Å². The van der Waals surface area contributed by atoms with Gasteiger partial charge >= 0.3 is 0 Å². The molecule has 0 atom stereocenters. The second kappa shape index (κ2) is 10.4. The van der Waals surface area contributed by atoms with Gasteiger partial charge in [-0.25, -0.2) is 5.43 Å². The molecule has 0 unspecified atom stereocenters. The van der Waals surface area contributed by atoms with Crippen LogP contribution in [0.4, 0.5) is 0 Å². The highest BCUT2D eigenvalue weighted by Crippen LogP contribution is 2.16. The molecule has 1 N–H and O–H groups in total. The number of hydrogen-bond donors (Lipinski definition) is 1. The maximum absolute atomic E-state index is 11.7. The zero-order chi connectivity index (χ0) is 17.9. The Morgan fingerprint density at radius 3 is 2.62 bits per heavy atom. The lowest BCUT2D eigenvalue weighted by atomic mass is 10.1. The normalized spacial score (nSPS) is 11.5. The van der Waals surface area contributed by atoms with Crippen LogP contribution in [0.5, 0.6) is 5.75 Å². The summed E-state index contributed by atoms with van der Waals surface area (Å²) in [6.07, 6.45) is 7.73. The number of carbonyl (C=O) groups is 1. The number of amides is 1. The maximum atomic E-state index is 11.7. The average molecular weight is 328 g/mol. The van der Waals surface area contributed by atoms with Gasteiger partial charge in [-0.2, -0.15) is 5.10 Å². The number of carbonyl (C=O) groups excluding carboxylic acids is 1. The van der Waals surface area contributed by atoms with Crippen LogP contribution in [0.15, 0.2) is 46.6 Å². The summed E-state index contributed by atoms with van der Waals surface area (Å²) >= 11 is 0. The molecule has 0 aliphatic carbocycles. The lowest BCUT2D eigenvalue weighted by Gasteiger charge is -2.07. The van der Waals surface area contributed by atoms with Gasteiger partial charge < -0.3 is 4.74 Å². The Balaban J connectivity index is 2.32. The Bertz CT molecular complexity index is 639. The van der Waals surface area contributed by atoms with Crippen LogP contribution in [0.3, 0.4) is 0 Å². The molecule has 0 spiro atoms. The summed E-state index contributed by atoms with van der Waals surface area (Å²) in [7, 11) is 0. The second-order valence-corrected chi connectivity index (χ2v) is 6.18. The summed E-state index contributed by atoms with van der Waals surface area (Å²) < 4.78 is 5.45. The first-order chi connectivity index (χ1) is 11.4. The third kappa shape index (κ3) is 8.32. The van der Waals surface area contributed by atoms with E-state index in [1.165, 1.54) is 16.7 Å². The molecule has 24 heavy (non-hydrogen) atoms. The molecule has 0 bridgehead atoms. The first-order valence-electron chi connectivity index (χ1n) is 8.19. The lowest BCUT2D eigenvalue weighted by molar-refractivity contribution is -0.123. The fourth-order valence-corrected chi connectivity index (χ4v) is 1.93. The van der Waals surface area contributed by atoms with Crippen LogP contribution in [0, 0.1) is 13.8 Å². The van der Waals surface area contributed by atoms with E-state index in [1.54, 1.807) is 6.21 Å². The minimum Gasteiger partial charge on any atom is -0.484 e. The quantitative estimate of drug-likeness (QED) is 0.434. The van der Waals surface area contributed by atoms with Crippen LogP contribution in [0.1, 0.15) is 44.7 Å². The van der Waals surface area contributed by atoms with E-state index < -0.39 is 0 Å². The van der Waals surface area contributed by atoms with E-state index in [9.17, 15) is 4.79 Å². The van der Waals surface area contributed by atoms with Crippen molar-refractivity contribution in [3.05, 3.63) is 52.6 Å². The molecule has 1 aromatic rings. The van der Waals surface area contributed by atoms with Crippen molar-refractivity contribution in [3.63, 3.8) is 0 Å². The molecule has 0 radical (unpaired) electrons. The summed E-state index contributed by atoms with van der Waals surface area (Å²) in [6.45, 7) is 10.2. The van der Waals surface area contributed by atoms with Crippen molar-refractivity contribution in [2.24, 2.45) is 5.10 Å². The smallest absolute Gasteiger partial charge is 0.277 e. The van der Waals surface area contributed by atoms with Gasteiger partial charge in [0.1, 0.15) is 5.75 Å². The van der Waals surface area contributed by atoms with E-state index in [1.807, 2.05) is 38.1 Å². The number of nitrogens with one attached hydrogen (secondary N) is 1. The third-order valence-corrected chi connectivity index (χ3v) is 3.56. The molecule has 1 rings (SSSR count). The molecule has 0 aromatic heterocycles. The minimum absolute atomic E-state index is 0.0525. The van der Waals surface area contributed by atoms with Gasteiger partial charge in [0.05, 0.1) is 0 Å². The Hall–Kier alpha value is -2.36. The minimum atomic E-state index is -0.278. The van der Waals surface area contributed by atoms with Crippen LogP contribution < -0.4 is 10.2 Å². The molecule has 1 amide bonds. The number of hydrogen-bond acceptors (Lipinski definition) is 3. The van der Waals surface area contributed by atoms with Crippen LogP contribution >= 0.6 is 0 Å². The zero-order valence-corrected chi connectivity index (χ0v) is 15.3. The molecule has 0 fully saturated rings. The number of rotatable bonds is 8. The van der Waals surface area contributed by atoms with Crippen LogP contribution in [-0.2, 0) is 4.79 Å². The Morgan fingerprint density at radius 1 is 1.21 bits per heavy atom. The van der Waals surface area contributed by atoms with Crippen molar-refractivity contribution >= 4 is 12.1 Å². The molecule has 0 aliphatic rings. The Labute approximate surface area is 145 Å². The third-order valence-electron chi connectivity index (χ3n) is 3.56. The van der Waals surface area contributed by atoms with Crippen LogP contribution in [-0.4, -0.2) is 18.7 Å². The van der Waals surface area contributed by atoms with Crippen molar-refractivity contribution in [2.75, 3.05) is 6.61 Å². The molecule has 0 saturated heterocycles. The number of ether oxygens (including phenoxy) is 1. The highest BCUT2D eigenvalue weighted by Gasteiger charge is 2.02. The predicted octanol–water partition coefficient (Wildman–Crippen LogP) is 4.48. The molecule has 0 heterocycles. The van der Waals surface area contributed by atoms with Gasteiger partial charge in [0, 0.05) is 6.21 Å². The van der Waals surface area contributed by atoms with E-state index in [0.29, 0.717) is 5.75 Å². The summed E-state index contributed by atoms with van der Waals surface area (Å²) in [5, 5.41) is 3.90. The highest BCUT2D eigenvalue weighted by molar-refractivity contribution is 5.79. The van der Waals surface area contributed by atoms with E-state index in [2.05, 4.69) is 37.4 Å². The van der Waals surface area contributed by atoms with E-state index in [0.717, 1.165) is 18.4 Å². The molecule has 4 heteroatoms. The molecule has 0 aliphatic heterocycles. The fourth-order valence-electron chi connectivity index (χ4n) is 1.93.